The lowest BCUT2D eigenvalue weighted by Gasteiger charge is -2.32. The van der Waals surface area contributed by atoms with E-state index in [1.54, 1.807) is 10.7 Å². The van der Waals surface area contributed by atoms with Gasteiger partial charge in [-0.1, -0.05) is 36.4 Å². The molecule has 2 N–H and O–H groups in total. The summed E-state index contributed by atoms with van der Waals surface area (Å²) in [6.07, 6.45) is 0.119. The molecule has 0 bridgehead atoms. The maximum absolute atomic E-state index is 14.3. The molecule has 4 heterocycles. The number of amides is 1. The number of aromatic nitrogens is 3. The van der Waals surface area contributed by atoms with E-state index in [0.29, 0.717) is 25.3 Å². The minimum Gasteiger partial charge on any atom is -0.390 e. The second-order valence-corrected chi connectivity index (χ2v) is 8.55. The molecule has 1 amide bonds. The Hall–Kier alpha value is -3.78. The first kappa shape index (κ1) is 19.9. The number of aliphatic hydroxyl groups excluding tert-OH is 1. The number of fused-ring (bicyclic) bond motifs is 2. The molecule has 7 nitrogen and oxygen atoms in total. The molecule has 0 saturated carbocycles. The number of anilines is 2. The molecule has 1 saturated heterocycles. The lowest BCUT2D eigenvalue weighted by atomic mass is 9.97. The molecule has 1 fully saturated rings. The average Bonchev–Trinajstić information content (AvgIpc) is 3.40. The van der Waals surface area contributed by atoms with Crippen LogP contribution in [0.25, 0.3) is 27.9 Å². The molecule has 0 radical (unpaired) electrons. The van der Waals surface area contributed by atoms with Crippen LogP contribution in [-0.2, 0) is 11.2 Å². The predicted octanol–water partition coefficient (Wildman–Crippen LogP) is 3.47. The molecule has 2 atom stereocenters. The quantitative estimate of drug-likeness (QED) is 0.507. The van der Waals surface area contributed by atoms with E-state index < -0.39 is 12.3 Å². The highest BCUT2D eigenvalue weighted by Gasteiger charge is 2.30. The van der Waals surface area contributed by atoms with Crippen LogP contribution in [0.3, 0.4) is 0 Å². The van der Waals surface area contributed by atoms with Crippen molar-refractivity contribution in [1.29, 1.82) is 0 Å². The highest BCUT2D eigenvalue weighted by atomic mass is 19.1. The number of carbonyl (C=O) groups is 1. The number of halogens is 1. The second-order valence-electron chi connectivity index (χ2n) is 8.55. The summed E-state index contributed by atoms with van der Waals surface area (Å²) < 4.78 is 16.1. The number of benzene rings is 2. The number of aliphatic hydroxyl groups is 1. The van der Waals surface area contributed by atoms with Crippen LogP contribution in [-0.4, -0.2) is 51.0 Å². The summed E-state index contributed by atoms with van der Waals surface area (Å²) in [7, 11) is 0. The van der Waals surface area contributed by atoms with E-state index in [1.165, 1.54) is 0 Å². The van der Waals surface area contributed by atoms with Crippen LogP contribution >= 0.6 is 0 Å². The number of rotatable bonds is 3. The third-order valence-corrected chi connectivity index (χ3v) is 6.39. The maximum atomic E-state index is 14.3. The summed E-state index contributed by atoms with van der Waals surface area (Å²) in [5.41, 5.74) is 6.26. The number of nitrogens with one attached hydrogen (secondary N) is 1. The Morgan fingerprint density at radius 2 is 1.94 bits per heavy atom. The number of hydrogen-bond donors (Lipinski definition) is 2. The summed E-state index contributed by atoms with van der Waals surface area (Å²) in [5, 5.41) is 17.6. The monoisotopic (exact) mass is 443 g/mol. The number of piperidine rings is 1. The molecule has 0 unspecified atom stereocenters. The Bertz CT molecular complexity index is 1370. The first-order valence-electron chi connectivity index (χ1n) is 11.0. The fourth-order valence-corrected chi connectivity index (χ4v) is 4.72. The third kappa shape index (κ3) is 3.34. The van der Waals surface area contributed by atoms with Gasteiger partial charge in [0.15, 0.2) is 0 Å². The van der Waals surface area contributed by atoms with Crippen molar-refractivity contribution in [3.8, 4) is 22.4 Å². The van der Waals surface area contributed by atoms with Crippen molar-refractivity contribution in [2.45, 2.75) is 25.1 Å². The predicted molar refractivity (Wildman–Crippen MR) is 124 cm³/mol. The zero-order valence-electron chi connectivity index (χ0n) is 17.8. The van der Waals surface area contributed by atoms with Gasteiger partial charge in [0.2, 0.25) is 11.9 Å². The minimum atomic E-state index is -1.33. The van der Waals surface area contributed by atoms with Crippen molar-refractivity contribution in [2.24, 2.45) is 0 Å². The zero-order valence-corrected chi connectivity index (χ0v) is 17.8. The molecule has 6 rings (SSSR count). The van der Waals surface area contributed by atoms with Gasteiger partial charge in [-0.2, -0.15) is 9.61 Å². The number of hydrogen-bond acceptors (Lipinski definition) is 5. The highest BCUT2D eigenvalue weighted by molar-refractivity contribution is 6.01. The molecular formula is C25H22FN5O2. The van der Waals surface area contributed by atoms with Crippen molar-refractivity contribution in [2.75, 3.05) is 23.3 Å². The van der Waals surface area contributed by atoms with Gasteiger partial charge in [0, 0.05) is 29.6 Å². The van der Waals surface area contributed by atoms with Crippen LogP contribution in [0, 0.1) is 0 Å². The van der Waals surface area contributed by atoms with Crippen LogP contribution < -0.4 is 10.2 Å². The first-order valence-corrected chi connectivity index (χ1v) is 11.0. The Labute approximate surface area is 189 Å². The van der Waals surface area contributed by atoms with Gasteiger partial charge in [0.05, 0.1) is 24.6 Å². The fraction of sp³-hybridized carbons (Fsp3) is 0.240. The van der Waals surface area contributed by atoms with Crippen molar-refractivity contribution in [1.82, 2.24) is 14.6 Å². The smallest absolute Gasteiger partial charge is 0.228 e. The van der Waals surface area contributed by atoms with Gasteiger partial charge in [-0.25, -0.2) is 9.37 Å². The molecule has 8 heteroatoms. The van der Waals surface area contributed by atoms with Crippen LogP contribution in [0.4, 0.5) is 16.0 Å². The van der Waals surface area contributed by atoms with Gasteiger partial charge in [0.25, 0.3) is 0 Å². The van der Waals surface area contributed by atoms with Gasteiger partial charge < -0.3 is 15.3 Å². The SMILES string of the molecule is O=C1Cc2cc(-c3c(-c4ccccc4)nn4c(N5CC[C@@H](O)[C@H](F)C5)nccc34)ccc2N1. The Kier molecular flexibility index (Phi) is 4.62. The molecule has 166 valence electrons. The van der Waals surface area contributed by atoms with Gasteiger partial charge >= 0.3 is 0 Å². The van der Waals surface area contributed by atoms with E-state index in [-0.39, 0.29) is 12.5 Å². The van der Waals surface area contributed by atoms with Crippen LogP contribution in [0.15, 0.2) is 60.8 Å². The maximum Gasteiger partial charge on any atom is 0.228 e. The molecule has 2 aliphatic heterocycles. The molecule has 2 aromatic heterocycles. The van der Waals surface area contributed by atoms with Crippen LogP contribution in [0.5, 0.6) is 0 Å². The van der Waals surface area contributed by atoms with E-state index in [4.69, 9.17) is 5.10 Å². The first-order chi connectivity index (χ1) is 16.1. The Balaban J connectivity index is 1.55. The fourth-order valence-electron chi connectivity index (χ4n) is 4.72. The number of carbonyl (C=O) groups excluding carboxylic acids is 1. The van der Waals surface area contributed by atoms with E-state index in [2.05, 4.69) is 10.3 Å². The van der Waals surface area contributed by atoms with Crippen LogP contribution in [0.1, 0.15) is 12.0 Å². The summed E-state index contributed by atoms with van der Waals surface area (Å²) >= 11 is 0. The van der Waals surface area contributed by atoms with Crippen molar-refractivity contribution in [3.63, 3.8) is 0 Å². The largest absolute Gasteiger partial charge is 0.390 e. The number of nitrogens with zero attached hydrogens (tertiary/aromatic N) is 4. The summed E-state index contributed by atoms with van der Waals surface area (Å²) in [6.45, 7) is 0.561. The summed E-state index contributed by atoms with van der Waals surface area (Å²) in [5.74, 6) is 0.535. The topological polar surface area (TPSA) is 82.8 Å². The van der Waals surface area contributed by atoms with Crippen LogP contribution in [0.2, 0.25) is 0 Å². The molecule has 4 aromatic rings. The Morgan fingerprint density at radius 3 is 2.76 bits per heavy atom. The van der Waals surface area contributed by atoms with Crippen molar-refractivity contribution >= 4 is 23.1 Å². The molecule has 0 aliphatic carbocycles. The molecule has 2 aliphatic rings. The van der Waals surface area contributed by atoms with E-state index in [0.717, 1.165) is 39.2 Å². The summed E-state index contributed by atoms with van der Waals surface area (Å²) in [6, 6.07) is 17.8. The normalized spacial score (nSPS) is 20.2. The van der Waals surface area contributed by atoms with Gasteiger partial charge in [-0.15, -0.1) is 0 Å². The average molecular weight is 443 g/mol. The van der Waals surface area contributed by atoms with Crippen molar-refractivity contribution < 1.29 is 14.3 Å². The standard InChI is InChI=1S/C25H22FN5O2/c26-18-14-30(11-9-21(18)32)25-27-10-8-20-23(16-6-7-19-17(12-16)13-22(33)28-19)24(29-31(20)25)15-4-2-1-3-5-15/h1-8,10,12,18,21,32H,9,11,13-14H2,(H,28,33)/t18-,21-/m1/s1. The van der Waals surface area contributed by atoms with Crippen molar-refractivity contribution in [3.05, 3.63) is 66.4 Å². The van der Waals surface area contributed by atoms with Gasteiger partial charge in [-0.3, -0.25) is 4.79 Å². The van der Waals surface area contributed by atoms with E-state index >= 15 is 0 Å². The van der Waals surface area contributed by atoms with E-state index in [1.807, 2.05) is 59.5 Å². The molecule has 0 spiro atoms. The lowest BCUT2D eigenvalue weighted by Crippen LogP contribution is -2.45. The minimum absolute atomic E-state index is 0.00940. The molecule has 33 heavy (non-hydrogen) atoms. The summed E-state index contributed by atoms with van der Waals surface area (Å²) in [4.78, 5) is 18.2. The van der Waals surface area contributed by atoms with Gasteiger partial charge in [0.1, 0.15) is 11.9 Å². The van der Waals surface area contributed by atoms with E-state index in [9.17, 15) is 14.3 Å². The molecular weight excluding hydrogens is 421 g/mol. The third-order valence-electron chi connectivity index (χ3n) is 6.39. The molecule has 2 aromatic carbocycles. The van der Waals surface area contributed by atoms with Gasteiger partial charge in [-0.05, 0) is 35.7 Å². The second kappa shape index (κ2) is 7.67. The Morgan fingerprint density at radius 1 is 1.09 bits per heavy atom. The zero-order chi connectivity index (χ0) is 22.5. The number of alkyl halides is 1. The lowest BCUT2D eigenvalue weighted by molar-refractivity contribution is -0.115. The highest BCUT2D eigenvalue weighted by Crippen LogP contribution is 2.38.